The summed E-state index contributed by atoms with van der Waals surface area (Å²) in [6, 6.07) is 10.9. The molecule has 0 atom stereocenters. The maximum absolute atomic E-state index is 12.6. The summed E-state index contributed by atoms with van der Waals surface area (Å²) in [5.74, 6) is 1.03. The molecule has 0 saturated heterocycles. The molecule has 2 aromatic rings. The Labute approximate surface area is 126 Å². The minimum atomic E-state index is -0.0901. The molecule has 2 aromatic carbocycles. The molecule has 0 aliphatic carbocycles. The maximum Gasteiger partial charge on any atom is 0.196 e. The fourth-order valence-electron chi connectivity index (χ4n) is 1.90. The van der Waals surface area contributed by atoms with E-state index in [0.29, 0.717) is 22.6 Å². The van der Waals surface area contributed by atoms with Gasteiger partial charge in [0.25, 0.3) is 0 Å². The highest BCUT2D eigenvalue weighted by Crippen LogP contribution is 2.33. The van der Waals surface area contributed by atoms with E-state index >= 15 is 0 Å². The number of ether oxygens (including phenoxy) is 2. The third-order valence-electron chi connectivity index (χ3n) is 3.03. The quantitative estimate of drug-likeness (QED) is 0.792. The summed E-state index contributed by atoms with van der Waals surface area (Å²) in [4.78, 5) is 12.6. The van der Waals surface area contributed by atoms with Crippen molar-refractivity contribution in [1.29, 1.82) is 0 Å². The Morgan fingerprint density at radius 3 is 2.15 bits per heavy atom. The van der Waals surface area contributed by atoms with Crippen LogP contribution in [0.4, 0.5) is 0 Å². The van der Waals surface area contributed by atoms with Crippen molar-refractivity contribution in [2.45, 2.75) is 6.92 Å². The van der Waals surface area contributed by atoms with E-state index in [1.54, 1.807) is 26.4 Å². The van der Waals surface area contributed by atoms with Gasteiger partial charge in [0, 0.05) is 5.56 Å². The monoisotopic (exact) mass is 334 g/mol. The molecule has 0 unspecified atom stereocenters. The lowest BCUT2D eigenvalue weighted by atomic mass is 10.0. The second kappa shape index (κ2) is 6.09. The van der Waals surface area contributed by atoms with E-state index in [0.717, 1.165) is 10.0 Å². The van der Waals surface area contributed by atoms with Gasteiger partial charge in [-0.25, -0.2) is 0 Å². The average Bonchev–Trinajstić information content (AvgIpc) is 2.47. The second-order valence-electron chi connectivity index (χ2n) is 4.38. The molecule has 3 nitrogen and oxygen atoms in total. The maximum atomic E-state index is 12.6. The lowest BCUT2D eigenvalue weighted by Gasteiger charge is -2.11. The fourth-order valence-corrected chi connectivity index (χ4v) is 2.38. The van der Waals surface area contributed by atoms with Crippen molar-refractivity contribution in [2.24, 2.45) is 0 Å². The summed E-state index contributed by atoms with van der Waals surface area (Å²) in [5, 5.41) is 0. The molecule has 0 saturated carbocycles. The first-order chi connectivity index (χ1) is 9.56. The molecule has 0 fully saturated rings. The largest absolute Gasteiger partial charge is 0.496 e. The molecule has 0 bridgehead atoms. The highest BCUT2D eigenvalue weighted by atomic mass is 79.9. The standard InChI is InChI=1S/C16H15BrO3/c1-10-4-6-11(7-5-10)16(18)12-8-15(20-3)13(17)9-14(12)19-2/h4-9H,1-3H3. The molecule has 104 valence electrons. The Balaban J connectivity index is 2.50. The number of ketones is 1. The van der Waals surface area contributed by atoms with Crippen molar-refractivity contribution in [3.05, 3.63) is 57.6 Å². The van der Waals surface area contributed by atoms with Crippen LogP contribution in [-0.4, -0.2) is 20.0 Å². The van der Waals surface area contributed by atoms with Crippen LogP contribution in [0.3, 0.4) is 0 Å². The Bertz CT molecular complexity index is 633. The van der Waals surface area contributed by atoms with Gasteiger partial charge in [-0.2, -0.15) is 0 Å². The highest BCUT2D eigenvalue weighted by Gasteiger charge is 2.17. The zero-order chi connectivity index (χ0) is 14.7. The molecule has 20 heavy (non-hydrogen) atoms. The van der Waals surface area contributed by atoms with Gasteiger partial charge >= 0.3 is 0 Å². The summed E-state index contributed by atoms with van der Waals surface area (Å²) in [5.41, 5.74) is 2.22. The first kappa shape index (κ1) is 14.6. The topological polar surface area (TPSA) is 35.5 Å². The zero-order valence-corrected chi connectivity index (χ0v) is 13.2. The molecular weight excluding hydrogens is 320 g/mol. The second-order valence-corrected chi connectivity index (χ2v) is 5.24. The fraction of sp³-hybridized carbons (Fsp3) is 0.188. The Kier molecular flexibility index (Phi) is 4.45. The van der Waals surface area contributed by atoms with E-state index in [9.17, 15) is 4.79 Å². The predicted molar refractivity (Wildman–Crippen MR) is 81.9 cm³/mol. The van der Waals surface area contributed by atoms with Gasteiger partial charge in [0.05, 0.1) is 24.3 Å². The summed E-state index contributed by atoms with van der Waals surface area (Å²) >= 11 is 3.38. The van der Waals surface area contributed by atoms with E-state index < -0.39 is 0 Å². The number of halogens is 1. The third kappa shape index (κ3) is 2.85. The highest BCUT2D eigenvalue weighted by molar-refractivity contribution is 9.10. The van der Waals surface area contributed by atoms with Crippen molar-refractivity contribution in [1.82, 2.24) is 0 Å². The Morgan fingerprint density at radius 1 is 1.00 bits per heavy atom. The van der Waals surface area contributed by atoms with Crippen molar-refractivity contribution >= 4 is 21.7 Å². The predicted octanol–water partition coefficient (Wildman–Crippen LogP) is 4.01. The molecule has 0 spiro atoms. The minimum Gasteiger partial charge on any atom is -0.496 e. The number of methoxy groups -OCH3 is 2. The number of carbonyl (C=O) groups is 1. The molecule has 0 heterocycles. The number of hydrogen-bond acceptors (Lipinski definition) is 3. The van der Waals surface area contributed by atoms with Crippen LogP contribution in [0.15, 0.2) is 40.9 Å². The molecule has 0 aromatic heterocycles. The van der Waals surface area contributed by atoms with Crippen molar-refractivity contribution in [3.63, 3.8) is 0 Å². The molecule has 0 radical (unpaired) electrons. The van der Waals surface area contributed by atoms with Gasteiger partial charge in [-0.1, -0.05) is 29.8 Å². The van der Waals surface area contributed by atoms with Crippen LogP contribution >= 0.6 is 15.9 Å². The van der Waals surface area contributed by atoms with Crippen LogP contribution in [-0.2, 0) is 0 Å². The smallest absolute Gasteiger partial charge is 0.196 e. The molecule has 0 aliphatic rings. The Morgan fingerprint density at radius 2 is 1.60 bits per heavy atom. The summed E-state index contributed by atoms with van der Waals surface area (Å²) in [6.07, 6.45) is 0. The summed E-state index contributed by atoms with van der Waals surface area (Å²) in [7, 11) is 3.10. The van der Waals surface area contributed by atoms with Crippen molar-refractivity contribution in [2.75, 3.05) is 14.2 Å². The van der Waals surface area contributed by atoms with Gasteiger partial charge in [0.1, 0.15) is 11.5 Å². The average molecular weight is 335 g/mol. The first-order valence-corrected chi connectivity index (χ1v) is 6.89. The van der Waals surface area contributed by atoms with Gasteiger partial charge in [0.15, 0.2) is 5.78 Å². The van der Waals surface area contributed by atoms with Crippen molar-refractivity contribution < 1.29 is 14.3 Å². The minimum absolute atomic E-state index is 0.0901. The lowest BCUT2D eigenvalue weighted by molar-refractivity contribution is 0.103. The summed E-state index contributed by atoms with van der Waals surface area (Å²) < 4.78 is 11.3. The third-order valence-corrected chi connectivity index (χ3v) is 3.65. The first-order valence-electron chi connectivity index (χ1n) is 6.09. The number of aryl methyl sites for hydroxylation is 1. The molecule has 2 rings (SSSR count). The van der Waals surface area contributed by atoms with E-state index in [2.05, 4.69) is 15.9 Å². The number of hydrogen-bond donors (Lipinski definition) is 0. The van der Waals surface area contributed by atoms with Gasteiger partial charge in [-0.3, -0.25) is 4.79 Å². The van der Waals surface area contributed by atoms with E-state index in [1.807, 2.05) is 31.2 Å². The molecular formula is C16H15BrO3. The van der Waals surface area contributed by atoms with Gasteiger partial charge < -0.3 is 9.47 Å². The Hall–Kier alpha value is -1.81. The van der Waals surface area contributed by atoms with Gasteiger partial charge in [-0.05, 0) is 35.0 Å². The number of carbonyl (C=O) groups excluding carboxylic acids is 1. The number of rotatable bonds is 4. The van der Waals surface area contributed by atoms with Crippen molar-refractivity contribution in [3.8, 4) is 11.5 Å². The molecule has 0 N–H and O–H groups in total. The molecule has 4 heteroatoms. The number of benzene rings is 2. The van der Waals surface area contributed by atoms with E-state index in [-0.39, 0.29) is 5.78 Å². The van der Waals surface area contributed by atoms with Crippen LogP contribution < -0.4 is 9.47 Å². The molecule has 0 aliphatic heterocycles. The molecule has 0 amide bonds. The van der Waals surface area contributed by atoms with Gasteiger partial charge in [0.2, 0.25) is 0 Å². The van der Waals surface area contributed by atoms with Crippen LogP contribution in [0, 0.1) is 6.92 Å². The van der Waals surface area contributed by atoms with Crippen LogP contribution in [0.25, 0.3) is 0 Å². The normalized spacial score (nSPS) is 10.2. The van der Waals surface area contributed by atoms with Crippen LogP contribution in [0.2, 0.25) is 0 Å². The van der Waals surface area contributed by atoms with Crippen LogP contribution in [0.5, 0.6) is 11.5 Å². The lowest BCUT2D eigenvalue weighted by Crippen LogP contribution is -2.05. The van der Waals surface area contributed by atoms with E-state index in [1.165, 1.54) is 0 Å². The summed E-state index contributed by atoms with van der Waals surface area (Å²) in [6.45, 7) is 1.98. The SMILES string of the molecule is COc1cc(C(=O)c2ccc(C)cc2)c(OC)cc1Br. The zero-order valence-electron chi connectivity index (χ0n) is 11.6. The van der Waals surface area contributed by atoms with E-state index in [4.69, 9.17) is 9.47 Å². The van der Waals surface area contributed by atoms with Gasteiger partial charge in [-0.15, -0.1) is 0 Å². The van der Waals surface area contributed by atoms with Crippen LogP contribution in [0.1, 0.15) is 21.5 Å².